The number of terminal acetylenes is 1. The molecule has 2 unspecified atom stereocenters. The second-order valence-electron chi connectivity index (χ2n) is 4.01. The van der Waals surface area contributed by atoms with Crippen molar-refractivity contribution in [2.75, 3.05) is 33.3 Å². The molecule has 0 aromatic rings. The summed E-state index contributed by atoms with van der Waals surface area (Å²) in [6, 6.07) is 0.287. The van der Waals surface area contributed by atoms with Gasteiger partial charge >= 0.3 is 0 Å². The zero-order valence-electron chi connectivity index (χ0n) is 9.83. The zero-order chi connectivity index (χ0) is 11.1. The van der Waals surface area contributed by atoms with Crippen LogP contribution in [0.3, 0.4) is 0 Å². The van der Waals surface area contributed by atoms with Crippen molar-refractivity contribution in [3.63, 3.8) is 0 Å². The Hall–Kier alpha value is -0.560. The van der Waals surface area contributed by atoms with E-state index in [2.05, 4.69) is 23.1 Å². The number of hydrogen-bond acceptors (Lipinski definition) is 3. The van der Waals surface area contributed by atoms with Crippen molar-refractivity contribution >= 4 is 0 Å². The Bertz CT molecular complexity index is 210. The highest BCUT2D eigenvalue weighted by atomic mass is 16.5. The minimum absolute atomic E-state index is 0.242. The van der Waals surface area contributed by atoms with E-state index in [0.717, 1.165) is 32.7 Å². The van der Waals surface area contributed by atoms with E-state index in [1.807, 2.05) is 7.05 Å². The van der Waals surface area contributed by atoms with E-state index in [4.69, 9.17) is 11.2 Å². The van der Waals surface area contributed by atoms with E-state index < -0.39 is 0 Å². The summed E-state index contributed by atoms with van der Waals surface area (Å²) < 4.78 is 5.76. The quantitative estimate of drug-likeness (QED) is 0.676. The summed E-state index contributed by atoms with van der Waals surface area (Å²) in [4.78, 5) is 2.45. The minimum Gasteiger partial charge on any atom is -0.374 e. The van der Waals surface area contributed by atoms with Crippen LogP contribution >= 0.6 is 0 Å². The molecule has 0 aromatic heterocycles. The number of hydrogen-bond donors (Lipinski definition) is 1. The van der Waals surface area contributed by atoms with Crippen LogP contribution in [0.5, 0.6) is 0 Å². The van der Waals surface area contributed by atoms with Crippen LogP contribution in [0, 0.1) is 12.3 Å². The van der Waals surface area contributed by atoms with Gasteiger partial charge in [0.1, 0.15) is 0 Å². The van der Waals surface area contributed by atoms with Crippen molar-refractivity contribution in [3.8, 4) is 12.3 Å². The van der Waals surface area contributed by atoms with E-state index in [-0.39, 0.29) is 12.1 Å². The van der Waals surface area contributed by atoms with E-state index in [0.29, 0.717) is 0 Å². The molecule has 86 valence electrons. The fourth-order valence-electron chi connectivity index (χ4n) is 2.04. The van der Waals surface area contributed by atoms with Crippen LogP contribution in [0.2, 0.25) is 0 Å². The molecule has 1 N–H and O–H groups in total. The molecular weight excluding hydrogens is 188 g/mol. The topological polar surface area (TPSA) is 24.5 Å². The number of likely N-dealkylation sites (N-methyl/N-ethyl adjacent to an activating group) is 1. The van der Waals surface area contributed by atoms with Crippen molar-refractivity contribution in [1.82, 2.24) is 10.2 Å². The maximum absolute atomic E-state index is 5.76. The average Bonchev–Trinajstić information content (AvgIpc) is 2.27. The Morgan fingerprint density at radius 2 is 2.47 bits per heavy atom. The highest BCUT2D eigenvalue weighted by Gasteiger charge is 2.26. The normalized spacial score (nSPS) is 24.7. The van der Waals surface area contributed by atoms with Crippen LogP contribution in [0.25, 0.3) is 0 Å². The molecule has 0 amide bonds. The lowest BCUT2D eigenvalue weighted by Crippen LogP contribution is -2.51. The molecule has 0 saturated carbocycles. The van der Waals surface area contributed by atoms with Crippen LogP contribution in [-0.4, -0.2) is 50.3 Å². The second kappa shape index (κ2) is 6.84. The smallest absolute Gasteiger partial charge is 0.0864 e. The molecule has 0 radical (unpaired) electrons. The van der Waals surface area contributed by atoms with Gasteiger partial charge in [0.15, 0.2) is 0 Å². The molecule has 3 heteroatoms. The van der Waals surface area contributed by atoms with Gasteiger partial charge in [-0.2, -0.15) is 0 Å². The lowest BCUT2D eigenvalue weighted by Gasteiger charge is -2.36. The summed E-state index contributed by atoms with van der Waals surface area (Å²) in [5.41, 5.74) is 0. The van der Waals surface area contributed by atoms with Crippen LogP contribution in [0.1, 0.15) is 19.8 Å². The predicted molar refractivity (Wildman–Crippen MR) is 62.8 cm³/mol. The number of nitrogens with zero attached hydrogens (tertiary/aromatic N) is 1. The molecule has 1 aliphatic rings. The average molecular weight is 210 g/mol. The molecule has 1 saturated heterocycles. The molecule has 1 fully saturated rings. The van der Waals surface area contributed by atoms with Crippen LogP contribution in [0.4, 0.5) is 0 Å². The number of nitrogens with one attached hydrogen (secondary N) is 1. The van der Waals surface area contributed by atoms with Gasteiger partial charge in [-0.05, 0) is 20.0 Å². The van der Waals surface area contributed by atoms with Gasteiger partial charge in [0, 0.05) is 25.6 Å². The monoisotopic (exact) mass is 210 g/mol. The van der Waals surface area contributed by atoms with E-state index in [9.17, 15) is 0 Å². The molecule has 15 heavy (non-hydrogen) atoms. The third kappa shape index (κ3) is 3.83. The fraction of sp³-hybridized carbons (Fsp3) is 0.833. The van der Waals surface area contributed by atoms with Gasteiger partial charge in [0.25, 0.3) is 0 Å². The number of rotatable bonds is 5. The lowest BCUT2D eigenvalue weighted by molar-refractivity contribution is -0.0443. The van der Waals surface area contributed by atoms with Crippen molar-refractivity contribution in [2.24, 2.45) is 0 Å². The summed E-state index contributed by atoms with van der Waals surface area (Å²) in [5, 5.41) is 3.24. The summed E-state index contributed by atoms with van der Waals surface area (Å²) in [6.07, 6.45) is 7.53. The van der Waals surface area contributed by atoms with Crippen LogP contribution < -0.4 is 5.32 Å². The van der Waals surface area contributed by atoms with E-state index in [1.54, 1.807) is 0 Å². The molecule has 0 aromatic carbocycles. The molecule has 0 spiro atoms. The highest BCUT2D eigenvalue weighted by Crippen LogP contribution is 2.11. The van der Waals surface area contributed by atoms with Gasteiger partial charge in [-0.25, -0.2) is 0 Å². The molecule has 1 heterocycles. The van der Waals surface area contributed by atoms with Gasteiger partial charge in [-0.1, -0.05) is 6.92 Å². The first-order valence-corrected chi connectivity index (χ1v) is 5.76. The molecule has 0 bridgehead atoms. The van der Waals surface area contributed by atoms with Gasteiger partial charge in [0.05, 0.1) is 12.7 Å². The highest BCUT2D eigenvalue weighted by molar-refractivity contribution is 4.94. The molecular formula is C12H22N2O. The molecule has 2 atom stereocenters. The van der Waals surface area contributed by atoms with Crippen LogP contribution in [-0.2, 0) is 4.74 Å². The number of morpholine rings is 1. The second-order valence-corrected chi connectivity index (χ2v) is 4.01. The Labute approximate surface area is 93.2 Å². The molecule has 1 aliphatic heterocycles. The van der Waals surface area contributed by atoms with Crippen molar-refractivity contribution in [2.45, 2.75) is 31.9 Å². The lowest BCUT2D eigenvalue weighted by atomic mass is 10.1. The minimum atomic E-state index is 0.242. The third-order valence-corrected chi connectivity index (χ3v) is 2.87. The van der Waals surface area contributed by atoms with Gasteiger partial charge < -0.3 is 10.1 Å². The van der Waals surface area contributed by atoms with Crippen molar-refractivity contribution in [1.29, 1.82) is 0 Å². The van der Waals surface area contributed by atoms with E-state index >= 15 is 0 Å². The summed E-state index contributed by atoms with van der Waals surface area (Å²) in [7, 11) is 1.95. The Morgan fingerprint density at radius 1 is 1.67 bits per heavy atom. The Kier molecular flexibility index (Phi) is 5.70. The van der Waals surface area contributed by atoms with Crippen molar-refractivity contribution in [3.05, 3.63) is 0 Å². The van der Waals surface area contributed by atoms with Crippen LogP contribution in [0.15, 0.2) is 0 Å². The summed E-state index contributed by atoms with van der Waals surface area (Å²) >= 11 is 0. The van der Waals surface area contributed by atoms with E-state index in [1.165, 1.54) is 6.42 Å². The molecule has 1 rings (SSSR count). The Morgan fingerprint density at radius 3 is 3.07 bits per heavy atom. The zero-order valence-corrected chi connectivity index (χ0v) is 9.83. The SMILES string of the molecule is C#CCC(NC)C1CN(CCC)CCO1. The molecule has 0 aliphatic carbocycles. The first-order chi connectivity index (χ1) is 7.31. The predicted octanol–water partition coefficient (Wildman–Crippen LogP) is 0.708. The standard InChI is InChI=1S/C12H22N2O/c1-4-6-11(13-3)12-10-14(7-5-2)8-9-15-12/h1,11-13H,5-10H2,2-3H3. The van der Waals surface area contributed by atoms with Crippen molar-refractivity contribution < 1.29 is 4.74 Å². The summed E-state index contributed by atoms with van der Waals surface area (Å²) in [6.45, 7) is 6.25. The first-order valence-electron chi connectivity index (χ1n) is 5.76. The maximum Gasteiger partial charge on any atom is 0.0864 e. The Balaban J connectivity index is 2.43. The summed E-state index contributed by atoms with van der Waals surface area (Å²) in [5.74, 6) is 2.70. The van der Waals surface area contributed by atoms with Gasteiger partial charge in [-0.3, -0.25) is 4.90 Å². The van der Waals surface area contributed by atoms with Gasteiger partial charge in [0.2, 0.25) is 0 Å². The fourth-order valence-corrected chi connectivity index (χ4v) is 2.04. The first kappa shape index (κ1) is 12.5. The molecule has 3 nitrogen and oxygen atoms in total. The number of ether oxygens (including phenoxy) is 1. The third-order valence-electron chi connectivity index (χ3n) is 2.87. The maximum atomic E-state index is 5.76. The van der Waals surface area contributed by atoms with Gasteiger partial charge in [-0.15, -0.1) is 12.3 Å². The largest absolute Gasteiger partial charge is 0.374 e.